The van der Waals surface area contributed by atoms with E-state index in [1.165, 1.54) is 28.6 Å². The first kappa shape index (κ1) is 20.2. The van der Waals surface area contributed by atoms with Gasteiger partial charge in [-0.1, -0.05) is 6.07 Å². The van der Waals surface area contributed by atoms with Crippen molar-refractivity contribution in [2.24, 2.45) is 0 Å². The van der Waals surface area contributed by atoms with Crippen LogP contribution in [0.4, 0.5) is 0 Å². The smallest absolute Gasteiger partial charge is 0.251 e. The molecule has 9 heteroatoms. The number of amides is 1. The molecule has 1 N–H and O–H groups in total. The first-order valence-electron chi connectivity index (χ1n) is 9.05. The maximum absolute atomic E-state index is 12.6. The zero-order valence-electron chi connectivity index (χ0n) is 15.6. The summed E-state index contributed by atoms with van der Waals surface area (Å²) in [6.07, 6.45) is 1.63. The molecule has 0 saturated carbocycles. The van der Waals surface area contributed by atoms with Gasteiger partial charge in [0.2, 0.25) is 15.9 Å². The van der Waals surface area contributed by atoms with Crippen LogP contribution >= 0.6 is 0 Å². The molecule has 1 fully saturated rings. The number of aromatic nitrogens is 1. The molecule has 0 unspecified atom stereocenters. The van der Waals surface area contributed by atoms with Gasteiger partial charge in [0.1, 0.15) is 0 Å². The molecule has 2 heterocycles. The van der Waals surface area contributed by atoms with E-state index in [2.05, 4.69) is 10.3 Å². The van der Waals surface area contributed by atoms with Crippen LogP contribution in [0.2, 0.25) is 0 Å². The molecule has 3 rings (SSSR count). The van der Waals surface area contributed by atoms with Gasteiger partial charge >= 0.3 is 0 Å². The predicted octanol–water partition coefficient (Wildman–Crippen LogP) is 1.43. The third-order valence-electron chi connectivity index (χ3n) is 4.29. The standard InChI is InChI=1S/C19H23N3O5S/c1-2-27-19-16(4-3-9-20-19)14-21-18(23)15-5-7-17(8-6-15)28(24,25)22-10-12-26-13-11-22/h3-9H,2,10-14H2,1H3,(H,21,23). The predicted molar refractivity (Wildman–Crippen MR) is 103 cm³/mol. The summed E-state index contributed by atoms with van der Waals surface area (Å²) < 4.78 is 37.3. The van der Waals surface area contributed by atoms with Crippen LogP contribution in [-0.4, -0.2) is 56.5 Å². The van der Waals surface area contributed by atoms with Crippen LogP contribution in [0.1, 0.15) is 22.8 Å². The Balaban J connectivity index is 1.65. The summed E-state index contributed by atoms with van der Waals surface area (Å²) in [5.41, 5.74) is 1.15. The van der Waals surface area contributed by atoms with Crippen LogP contribution in [0, 0.1) is 0 Å². The Hall–Kier alpha value is -2.49. The second-order valence-electron chi connectivity index (χ2n) is 6.12. The number of ether oxygens (including phenoxy) is 2. The molecule has 0 aliphatic carbocycles. The van der Waals surface area contributed by atoms with Crippen LogP contribution < -0.4 is 10.1 Å². The van der Waals surface area contributed by atoms with Gasteiger partial charge in [0.05, 0.1) is 24.7 Å². The van der Waals surface area contributed by atoms with Crippen molar-refractivity contribution >= 4 is 15.9 Å². The molecule has 0 atom stereocenters. The fourth-order valence-corrected chi connectivity index (χ4v) is 4.23. The van der Waals surface area contributed by atoms with Crippen molar-refractivity contribution < 1.29 is 22.7 Å². The van der Waals surface area contributed by atoms with E-state index in [0.29, 0.717) is 44.4 Å². The van der Waals surface area contributed by atoms with Crippen molar-refractivity contribution in [1.82, 2.24) is 14.6 Å². The van der Waals surface area contributed by atoms with Gasteiger partial charge in [0.25, 0.3) is 5.91 Å². The van der Waals surface area contributed by atoms with Crippen LogP contribution in [0.15, 0.2) is 47.5 Å². The lowest BCUT2D eigenvalue weighted by molar-refractivity contribution is 0.0730. The highest BCUT2D eigenvalue weighted by molar-refractivity contribution is 7.89. The van der Waals surface area contributed by atoms with Gasteiger partial charge in [0, 0.05) is 37.0 Å². The van der Waals surface area contributed by atoms with Crippen LogP contribution in [0.3, 0.4) is 0 Å². The van der Waals surface area contributed by atoms with Crippen LogP contribution in [0.5, 0.6) is 5.88 Å². The number of hydrogen-bond acceptors (Lipinski definition) is 6. The molecule has 1 aliphatic rings. The second-order valence-corrected chi connectivity index (χ2v) is 8.06. The molecule has 0 bridgehead atoms. The van der Waals surface area contributed by atoms with Crippen molar-refractivity contribution in [1.29, 1.82) is 0 Å². The number of pyridine rings is 1. The lowest BCUT2D eigenvalue weighted by Gasteiger charge is -2.26. The van der Waals surface area contributed by atoms with Gasteiger partial charge in [-0.05, 0) is 37.3 Å². The normalized spacial score (nSPS) is 15.2. The van der Waals surface area contributed by atoms with E-state index in [1.807, 2.05) is 13.0 Å². The number of rotatable bonds is 7. The summed E-state index contributed by atoms with van der Waals surface area (Å²) in [4.78, 5) is 16.7. The SMILES string of the molecule is CCOc1ncccc1CNC(=O)c1ccc(S(=O)(=O)N2CCOCC2)cc1. The number of carbonyl (C=O) groups excluding carboxylic acids is 1. The van der Waals surface area contributed by atoms with Crippen molar-refractivity contribution in [2.45, 2.75) is 18.4 Å². The monoisotopic (exact) mass is 405 g/mol. The molecule has 1 aliphatic heterocycles. The molecular formula is C19H23N3O5S. The molecule has 1 saturated heterocycles. The molecular weight excluding hydrogens is 382 g/mol. The second kappa shape index (κ2) is 9.13. The van der Waals surface area contributed by atoms with E-state index in [9.17, 15) is 13.2 Å². The Morgan fingerprint density at radius 1 is 1.21 bits per heavy atom. The average molecular weight is 405 g/mol. The molecule has 2 aromatic rings. The maximum atomic E-state index is 12.6. The summed E-state index contributed by atoms with van der Waals surface area (Å²) in [5.74, 6) is 0.180. The van der Waals surface area contributed by atoms with E-state index < -0.39 is 10.0 Å². The third-order valence-corrected chi connectivity index (χ3v) is 6.21. The zero-order chi connectivity index (χ0) is 20.0. The molecule has 150 valence electrons. The highest BCUT2D eigenvalue weighted by atomic mass is 32.2. The molecule has 1 aromatic heterocycles. The summed E-state index contributed by atoms with van der Waals surface area (Å²) in [6.45, 7) is 4.04. The minimum Gasteiger partial charge on any atom is -0.478 e. The summed E-state index contributed by atoms with van der Waals surface area (Å²) in [7, 11) is -3.57. The Kier molecular flexibility index (Phi) is 6.61. The van der Waals surface area contributed by atoms with Gasteiger partial charge in [-0.25, -0.2) is 13.4 Å². The number of sulfonamides is 1. The van der Waals surface area contributed by atoms with Gasteiger partial charge in [-0.3, -0.25) is 4.79 Å². The van der Waals surface area contributed by atoms with E-state index in [-0.39, 0.29) is 17.3 Å². The molecule has 28 heavy (non-hydrogen) atoms. The van der Waals surface area contributed by atoms with Crippen molar-refractivity contribution in [2.75, 3.05) is 32.9 Å². The van der Waals surface area contributed by atoms with E-state index in [1.54, 1.807) is 12.3 Å². The molecule has 0 radical (unpaired) electrons. The molecule has 1 aromatic carbocycles. The fourth-order valence-electron chi connectivity index (χ4n) is 2.82. The van der Waals surface area contributed by atoms with E-state index in [4.69, 9.17) is 9.47 Å². The van der Waals surface area contributed by atoms with Gasteiger partial charge in [-0.15, -0.1) is 0 Å². The number of hydrogen-bond donors (Lipinski definition) is 1. The molecule has 8 nitrogen and oxygen atoms in total. The van der Waals surface area contributed by atoms with Crippen LogP contribution in [0.25, 0.3) is 0 Å². The quantitative estimate of drug-likeness (QED) is 0.748. The summed E-state index contributed by atoms with van der Waals surface area (Å²) in [6, 6.07) is 9.53. The number of nitrogens with zero attached hydrogens (tertiary/aromatic N) is 2. The number of nitrogens with one attached hydrogen (secondary N) is 1. The molecule has 1 amide bonds. The first-order valence-corrected chi connectivity index (χ1v) is 10.5. The zero-order valence-corrected chi connectivity index (χ0v) is 16.4. The lowest BCUT2D eigenvalue weighted by atomic mass is 10.2. The summed E-state index contributed by atoms with van der Waals surface area (Å²) in [5, 5.41) is 2.80. The average Bonchev–Trinajstić information content (AvgIpc) is 2.74. The van der Waals surface area contributed by atoms with Crippen molar-refractivity contribution in [3.05, 3.63) is 53.7 Å². The number of morpholine rings is 1. The minimum atomic E-state index is -3.57. The Labute approximate surface area is 164 Å². The molecule has 0 spiro atoms. The largest absolute Gasteiger partial charge is 0.478 e. The maximum Gasteiger partial charge on any atom is 0.251 e. The fraction of sp³-hybridized carbons (Fsp3) is 0.368. The highest BCUT2D eigenvalue weighted by Crippen LogP contribution is 2.18. The Morgan fingerprint density at radius 2 is 1.93 bits per heavy atom. The van der Waals surface area contributed by atoms with E-state index in [0.717, 1.165) is 5.56 Å². The van der Waals surface area contributed by atoms with Crippen LogP contribution in [-0.2, 0) is 21.3 Å². The minimum absolute atomic E-state index is 0.164. The number of benzene rings is 1. The van der Waals surface area contributed by atoms with E-state index >= 15 is 0 Å². The van der Waals surface area contributed by atoms with Gasteiger partial charge < -0.3 is 14.8 Å². The number of carbonyl (C=O) groups is 1. The Morgan fingerprint density at radius 3 is 2.61 bits per heavy atom. The summed E-state index contributed by atoms with van der Waals surface area (Å²) >= 11 is 0. The first-order chi connectivity index (χ1) is 13.5. The lowest BCUT2D eigenvalue weighted by Crippen LogP contribution is -2.40. The highest BCUT2D eigenvalue weighted by Gasteiger charge is 2.26. The topological polar surface area (TPSA) is 97.8 Å². The van der Waals surface area contributed by atoms with Crippen molar-refractivity contribution in [3.8, 4) is 5.88 Å². The Bertz CT molecular complexity index is 909. The van der Waals surface area contributed by atoms with Gasteiger partial charge in [0.15, 0.2) is 0 Å². The third kappa shape index (κ3) is 4.67. The van der Waals surface area contributed by atoms with Gasteiger partial charge in [-0.2, -0.15) is 4.31 Å². The van der Waals surface area contributed by atoms with Crippen molar-refractivity contribution in [3.63, 3.8) is 0 Å².